The highest BCUT2D eigenvalue weighted by atomic mass is 16.5. The average molecular weight is 307 g/mol. The Hall–Kier alpha value is -1.89. The van der Waals surface area contributed by atoms with Gasteiger partial charge < -0.3 is 9.64 Å². The summed E-state index contributed by atoms with van der Waals surface area (Å²) in [5.41, 5.74) is 0.898. The number of rotatable bonds is 3. The molecule has 3 rings (SSSR count). The first-order valence-corrected chi connectivity index (χ1v) is 7.68. The molecule has 0 radical (unpaired) electrons. The van der Waals surface area contributed by atoms with Crippen LogP contribution in [-0.4, -0.2) is 46.7 Å². The van der Waals surface area contributed by atoms with Gasteiger partial charge in [0.2, 0.25) is 5.91 Å². The maximum absolute atomic E-state index is 12.8. The summed E-state index contributed by atoms with van der Waals surface area (Å²) in [4.78, 5) is 28.2. The number of carbonyl (C=O) groups is 1. The lowest BCUT2D eigenvalue weighted by Crippen LogP contribution is -2.43. The van der Waals surface area contributed by atoms with Gasteiger partial charge in [0.05, 0.1) is 12.0 Å². The van der Waals surface area contributed by atoms with Crippen molar-refractivity contribution in [1.29, 1.82) is 0 Å². The Bertz CT molecular complexity index is 620. The van der Waals surface area contributed by atoms with E-state index in [4.69, 9.17) is 4.74 Å². The third kappa shape index (κ3) is 2.85. The summed E-state index contributed by atoms with van der Waals surface area (Å²) in [6.45, 7) is 7.76. The minimum absolute atomic E-state index is 0.0307. The number of nitrogens with one attached hydrogen (secondary N) is 1. The molecular weight excluding hydrogens is 286 g/mol. The molecule has 22 heavy (non-hydrogen) atoms. The molecule has 3 heterocycles. The molecule has 2 fully saturated rings. The molecule has 1 unspecified atom stereocenters. The monoisotopic (exact) mass is 307 g/mol. The van der Waals surface area contributed by atoms with Gasteiger partial charge in [0.15, 0.2) is 5.82 Å². The summed E-state index contributed by atoms with van der Waals surface area (Å²) in [5, 5.41) is 3.73. The van der Waals surface area contributed by atoms with Gasteiger partial charge >= 0.3 is 5.76 Å². The lowest BCUT2D eigenvalue weighted by Gasteiger charge is -2.33. The summed E-state index contributed by atoms with van der Waals surface area (Å²) in [7, 11) is 0. The molecule has 2 aliphatic rings. The molecule has 1 N–H and O–H groups in total. The van der Waals surface area contributed by atoms with Crippen LogP contribution in [0.3, 0.4) is 0 Å². The summed E-state index contributed by atoms with van der Waals surface area (Å²) < 4.78 is 10.3. The van der Waals surface area contributed by atoms with Crippen LogP contribution in [0.5, 0.6) is 0 Å². The van der Waals surface area contributed by atoms with Gasteiger partial charge in [-0.2, -0.15) is 0 Å². The smallest absolute Gasteiger partial charge is 0.373 e. The average Bonchev–Trinajstić information content (AvgIpc) is 3.15. The van der Waals surface area contributed by atoms with Gasteiger partial charge in [-0.15, -0.1) is 0 Å². The Labute approximate surface area is 128 Å². The zero-order valence-corrected chi connectivity index (χ0v) is 12.7. The van der Waals surface area contributed by atoms with E-state index in [-0.39, 0.29) is 23.8 Å². The number of hydrogen-bond acceptors (Lipinski definition) is 5. The quantitative estimate of drug-likeness (QED) is 0.843. The molecule has 1 amide bonds. The maximum atomic E-state index is 12.8. The van der Waals surface area contributed by atoms with E-state index < -0.39 is 5.76 Å². The van der Waals surface area contributed by atoms with E-state index in [0.29, 0.717) is 25.5 Å². The molecule has 0 spiro atoms. The summed E-state index contributed by atoms with van der Waals surface area (Å²) in [6, 6.07) is 0. The van der Waals surface area contributed by atoms with Crippen molar-refractivity contribution in [3.05, 3.63) is 28.5 Å². The fourth-order valence-electron chi connectivity index (χ4n) is 3.36. The van der Waals surface area contributed by atoms with E-state index in [1.807, 2.05) is 11.8 Å². The van der Waals surface area contributed by atoms with Crippen LogP contribution < -0.4 is 5.76 Å². The van der Waals surface area contributed by atoms with Crippen molar-refractivity contribution in [1.82, 2.24) is 15.0 Å². The van der Waals surface area contributed by atoms with Gasteiger partial charge in [0.1, 0.15) is 0 Å². The van der Waals surface area contributed by atoms with Gasteiger partial charge in [-0.3, -0.25) is 14.3 Å². The van der Waals surface area contributed by atoms with Crippen molar-refractivity contribution >= 4 is 5.91 Å². The topological polar surface area (TPSA) is 88.4 Å². The minimum atomic E-state index is -0.553. The Balaban J connectivity index is 1.68. The predicted octanol–water partition coefficient (Wildman–Crippen LogP) is 1.05. The van der Waals surface area contributed by atoms with Crippen molar-refractivity contribution in [3.63, 3.8) is 0 Å². The van der Waals surface area contributed by atoms with Crippen LogP contribution in [0.25, 0.3) is 0 Å². The second-order valence-corrected chi connectivity index (χ2v) is 6.14. The molecule has 1 aromatic rings. The first-order chi connectivity index (χ1) is 10.6. The van der Waals surface area contributed by atoms with E-state index in [2.05, 4.69) is 21.2 Å². The fourth-order valence-corrected chi connectivity index (χ4v) is 3.36. The van der Waals surface area contributed by atoms with Crippen LogP contribution in [0.15, 0.2) is 21.5 Å². The highest BCUT2D eigenvalue weighted by molar-refractivity contribution is 5.80. The second-order valence-electron chi connectivity index (χ2n) is 6.14. The van der Waals surface area contributed by atoms with Crippen LogP contribution >= 0.6 is 0 Å². The molecule has 0 aromatic carbocycles. The lowest BCUT2D eigenvalue weighted by atomic mass is 9.89. The van der Waals surface area contributed by atoms with Gasteiger partial charge in [-0.05, 0) is 26.2 Å². The number of likely N-dealkylation sites (tertiary alicyclic amines) is 1. The molecule has 120 valence electrons. The summed E-state index contributed by atoms with van der Waals surface area (Å²) in [6.07, 6.45) is 2.32. The molecule has 0 aliphatic carbocycles. The highest BCUT2D eigenvalue weighted by Gasteiger charge is 2.38. The molecule has 0 saturated carbocycles. The first-order valence-electron chi connectivity index (χ1n) is 7.68. The van der Waals surface area contributed by atoms with Crippen molar-refractivity contribution in [2.45, 2.75) is 38.2 Å². The Morgan fingerprint density at radius 2 is 2.27 bits per heavy atom. The van der Waals surface area contributed by atoms with Crippen LogP contribution in [-0.2, 0) is 9.53 Å². The van der Waals surface area contributed by atoms with Gasteiger partial charge in [0.25, 0.3) is 0 Å². The first kappa shape index (κ1) is 15.0. The standard InChI is InChI=1S/C15H21N3O4/c1-9(2)12-11(4-3-7-21-12)14(19)18-6-5-10(8-18)13-16-15(20)22-17-13/h10-12H,1,3-8H2,2H3,(H,16,17,20)/t10?,11-,12+/m1/s1. The van der Waals surface area contributed by atoms with E-state index in [9.17, 15) is 9.59 Å². The van der Waals surface area contributed by atoms with Crippen LogP contribution in [0, 0.1) is 5.92 Å². The largest absolute Gasteiger partial charge is 0.438 e. The Morgan fingerprint density at radius 1 is 1.45 bits per heavy atom. The highest BCUT2D eigenvalue weighted by Crippen LogP contribution is 2.31. The number of ether oxygens (including phenoxy) is 1. The predicted molar refractivity (Wildman–Crippen MR) is 78.3 cm³/mol. The molecule has 2 aliphatic heterocycles. The van der Waals surface area contributed by atoms with Crippen molar-refractivity contribution in [2.24, 2.45) is 5.92 Å². The number of H-pyrrole nitrogens is 1. The third-order valence-electron chi connectivity index (χ3n) is 4.47. The van der Waals surface area contributed by atoms with Crippen molar-refractivity contribution < 1.29 is 14.1 Å². The van der Waals surface area contributed by atoms with Crippen LogP contribution in [0.2, 0.25) is 0 Å². The Kier molecular flexibility index (Phi) is 4.15. The lowest BCUT2D eigenvalue weighted by molar-refractivity contribution is -0.142. The molecule has 2 saturated heterocycles. The van der Waals surface area contributed by atoms with E-state index in [1.54, 1.807) is 0 Å². The number of aromatic amines is 1. The van der Waals surface area contributed by atoms with Crippen LogP contribution in [0.1, 0.15) is 37.9 Å². The maximum Gasteiger partial charge on any atom is 0.438 e. The molecule has 7 heteroatoms. The molecular formula is C15H21N3O4. The number of carbonyl (C=O) groups excluding carboxylic acids is 1. The second kappa shape index (κ2) is 6.08. The van der Waals surface area contributed by atoms with Crippen LogP contribution in [0.4, 0.5) is 0 Å². The SMILES string of the molecule is C=C(C)[C@@H]1OCCC[C@H]1C(=O)N1CCC(c2noc(=O)[nH]2)C1. The summed E-state index contributed by atoms with van der Waals surface area (Å²) >= 11 is 0. The minimum Gasteiger partial charge on any atom is -0.373 e. The van der Waals surface area contributed by atoms with Gasteiger partial charge in [0, 0.05) is 25.6 Å². The number of aromatic nitrogens is 2. The van der Waals surface area contributed by atoms with E-state index in [1.165, 1.54) is 0 Å². The van der Waals surface area contributed by atoms with Crippen molar-refractivity contribution in [2.75, 3.05) is 19.7 Å². The normalized spacial score (nSPS) is 28.8. The van der Waals surface area contributed by atoms with E-state index >= 15 is 0 Å². The number of amides is 1. The molecule has 7 nitrogen and oxygen atoms in total. The van der Waals surface area contributed by atoms with Gasteiger partial charge in [-0.1, -0.05) is 17.3 Å². The van der Waals surface area contributed by atoms with Crippen molar-refractivity contribution in [3.8, 4) is 0 Å². The zero-order valence-electron chi connectivity index (χ0n) is 12.7. The number of hydrogen-bond donors (Lipinski definition) is 1. The molecule has 3 atom stereocenters. The Morgan fingerprint density at radius 3 is 2.95 bits per heavy atom. The zero-order chi connectivity index (χ0) is 15.7. The number of nitrogens with zero attached hydrogens (tertiary/aromatic N) is 2. The fraction of sp³-hybridized carbons (Fsp3) is 0.667. The third-order valence-corrected chi connectivity index (χ3v) is 4.47. The molecule has 1 aromatic heterocycles. The van der Waals surface area contributed by atoms with E-state index in [0.717, 1.165) is 24.8 Å². The summed E-state index contributed by atoms with van der Waals surface area (Å²) in [5.74, 6) is -0.0370. The van der Waals surface area contributed by atoms with Gasteiger partial charge in [-0.25, -0.2) is 4.79 Å². The molecule has 0 bridgehead atoms.